The lowest BCUT2D eigenvalue weighted by molar-refractivity contribution is 0.182. The smallest absolute Gasteiger partial charge is 0.263 e. The third-order valence-electron chi connectivity index (χ3n) is 3.24. The van der Waals surface area contributed by atoms with Crippen LogP contribution in [0.2, 0.25) is 0 Å². The summed E-state index contributed by atoms with van der Waals surface area (Å²) in [4.78, 5) is 0.101. The summed E-state index contributed by atoms with van der Waals surface area (Å²) in [6.07, 6.45) is 0. The lowest BCUT2D eigenvalue weighted by Gasteiger charge is -2.10. The zero-order chi connectivity index (χ0) is 16.3. The van der Waals surface area contributed by atoms with Gasteiger partial charge in [-0.05, 0) is 18.6 Å². The van der Waals surface area contributed by atoms with E-state index in [2.05, 4.69) is 9.82 Å². The first-order chi connectivity index (χ1) is 10.4. The van der Waals surface area contributed by atoms with Crippen molar-refractivity contribution in [1.29, 1.82) is 5.26 Å². The van der Waals surface area contributed by atoms with Crippen molar-refractivity contribution in [2.24, 2.45) is 7.05 Å². The highest BCUT2D eigenvalue weighted by Gasteiger charge is 2.22. The number of aryl methyl sites for hydroxylation is 1. The van der Waals surface area contributed by atoms with E-state index in [1.165, 1.54) is 17.9 Å². The average molecular weight is 320 g/mol. The van der Waals surface area contributed by atoms with Gasteiger partial charge in [0.1, 0.15) is 11.6 Å². The summed E-state index contributed by atoms with van der Waals surface area (Å²) in [5.41, 5.74) is 1.32. The predicted octanol–water partition coefficient (Wildman–Crippen LogP) is 1.55. The molecule has 0 aliphatic carbocycles. The van der Waals surface area contributed by atoms with Gasteiger partial charge in [-0.15, -0.1) is 0 Å². The van der Waals surface area contributed by atoms with Crippen molar-refractivity contribution in [2.45, 2.75) is 18.4 Å². The lowest BCUT2D eigenvalue weighted by atomic mass is 10.2. The second-order valence-corrected chi connectivity index (χ2v) is 6.34. The SMILES string of the molecule is COCc1ccccc1S(=O)(=O)Nc1nn(C)c(C)c1C#N. The topological polar surface area (TPSA) is 97.0 Å². The summed E-state index contributed by atoms with van der Waals surface area (Å²) in [7, 11) is -0.721. The maximum atomic E-state index is 12.6. The van der Waals surface area contributed by atoms with E-state index in [1.54, 1.807) is 32.2 Å². The fraction of sp³-hybridized carbons (Fsp3) is 0.286. The fourth-order valence-electron chi connectivity index (χ4n) is 2.04. The maximum absolute atomic E-state index is 12.6. The van der Waals surface area contributed by atoms with Crippen molar-refractivity contribution in [1.82, 2.24) is 9.78 Å². The molecule has 0 amide bonds. The molecule has 22 heavy (non-hydrogen) atoms. The van der Waals surface area contributed by atoms with E-state index < -0.39 is 10.0 Å². The van der Waals surface area contributed by atoms with Crippen LogP contribution < -0.4 is 4.72 Å². The molecular formula is C14H16N4O3S. The van der Waals surface area contributed by atoms with Crippen LogP contribution in [0.3, 0.4) is 0 Å². The van der Waals surface area contributed by atoms with Crippen molar-refractivity contribution in [3.05, 3.63) is 41.1 Å². The second kappa shape index (κ2) is 6.17. The Morgan fingerprint density at radius 2 is 2.09 bits per heavy atom. The molecule has 0 spiro atoms. The van der Waals surface area contributed by atoms with Crippen LogP contribution in [0.4, 0.5) is 5.82 Å². The molecule has 0 saturated heterocycles. The number of nitrogens with one attached hydrogen (secondary N) is 1. The number of ether oxygens (including phenoxy) is 1. The molecule has 1 N–H and O–H groups in total. The fourth-order valence-corrected chi connectivity index (χ4v) is 3.27. The van der Waals surface area contributed by atoms with Gasteiger partial charge in [0.25, 0.3) is 10.0 Å². The van der Waals surface area contributed by atoms with E-state index in [-0.39, 0.29) is 22.9 Å². The quantitative estimate of drug-likeness (QED) is 0.901. The molecule has 0 atom stereocenters. The van der Waals surface area contributed by atoms with Crippen molar-refractivity contribution < 1.29 is 13.2 Å². The average Bonchev–Trinajstić information content (AvgIpc) is 2.73. The van der Waals surface area contributed by atoms with E-state index in [1.807, 2.05) is 6.07 Å². The molecular weight excluding hydrogens is 304 g/mol. The summed E-state index contributed by atoms with van der Waals surface area (Å²) in [5.74, 6) is 0.0229. The number of hydrogen-bond donors (Lipinski definition) is 1. The van der Waals surface area contributed by atoms with E-state index in [0.717, 1.165) is 0 Å². The maximum Gasteiger partial charge on any atom is 0.263 e. The van der Waals surface area contributed by atoms with Crippen LogP contribution in [-0.2, 0) is 28.4 Å². The number of sulfonamides is 1. The normalized spacial score (nSPS) is 11.2. The second-order valence-electron chi connectivity index (χ2n) is 4.69. The first-order valence-electron chi connectivity index (χ1n) is 6.44. The summed E-state index contributed by atoms with van der Waals surface area (Å²) in [5, 5.41) is 13.2. The monoisotopic (exact) mass is 320 g/mol. The van der Waals surface area contributed by atoms with Crippen molar-refractivity contribution in [2.75, 3.05) is 11.8 Å². The minimum Gasteiger partial charge on any atom is -0.380 e. The van der Waals surface area contributed by atoms with Crippen LogP contribution in [0, 0.1) is 18.3 Å². The highest BCUT2D eigenvalue weighted by Crippen LogP contribution is 2.23. The predicted molar refractivity (Wildman–Crippen MR) is 80.6 cm³/mol. The molecule has 7 nitrogen and oxygen atoms in total. The number of methoxy groups -OCH3 is 1. The molecule has 0 bridgehead atoms. The third-order valence-corrected chi connectivity index (χ3v) is 4.68. The molecule has 0 saturated carbocycles. The van der Waals surface area contributed by atoms with E-state index >= 15 is 0 Å². The molecule has 1 aromatic carbocycles. The largest absolute Gasteiger partial charge is 0.380 e. The standard InChI is InChI=1S/C14H16N4O3S/c1-10-12(8-15)14(16-18(10)2)17-22(19,20)13-7-5-4-6-11(13)9-21-3/h4-7H,9H2,1-3H3,(H,16,17). The van der Waals surface area contributed by atoms with Gasteiger partial charge in [-0.2, -0.15) is 10.4 Å². The zero-order valence-corrected chi connectivity index (χ0v) is 13.3. The Kier molecular flexibility index (Phi) is 4.49. The Morgan fingerprint density at radius 1 is 1.41 bits per heavy atom. The number of rotatable bonds is 5. The van der Waals surface area contributed by atoms with Crippen molar-refractivity contribution >= 4 is 15.8 Å². The highest BCUT2D eigenvalue weighted by molar-refractivity contribution is 7.92. The lowest BCUT2D eigenvalue weighted by Crippen LogP contribution is -2.16. The number of nitrogens with zero attached hydrogens (tertiary/aromatic N) is 3. The van der Waals surface area contributed by atoms with Gasteiger partial charge in [-0.3, -0.25) is 9.40 Å². The zero-order valence-electron chi connectivity index (χ0n) is 12.5. The Labute approximate surface area is 129 Å². The van der Waals surface area contributed by atoms with Crippen LogP contribution in [-0.4, -0.2) is 25.3 Å². The number of benzene rings is 1. The molecule has 0 aliphatic heterocycles. The van der Waals surface area contributed by atoms with Crippen LogP contribution in [0.25, 0.3) is 0 Å². The number of anilines is 1. The van der Waals surface area contributed by atoms with Gasteiger partial charge in [0.05, 0.1) is 17.2 Å². The molecule has 2 aromatic rings. The number of hydrogen-bond acceptors (Lipinski definition) is 5. The Morgan fingerprint density at radius 3 is 2.73 bits per heavy atom. The number of nitriles is 1. The van der Waals surface area contributed by atoms with E-state index in [9.17, 15) is 8.42 Å². The molecule has 116 valence electrons. The van der Waals surface area contributed by atoms with Crippen LogP contribution >= 0.6 is 0 Å². The summed E-state index contributed by atoms with van der Waals surface area (Å²) < 4.78 is 34.0. The van der Waals surface area contributed by atoms with E-state index in [0.29, 0.717) is 11.3 Å². The Bertz CT molecular complexity index is 834. The van der Waals surface area contributed by atoms with Gasteiger partial charge < -0.3 is 4.74 Å². The van der Waals surface area contributed by atoms with Crippen LogP contribution in [0.15, 0.2) is 29.2 Å². The molecule has 0 unspecified atom stereocenters. The minimum absolute atomic E-state index is 0.0229. The molecule has 2 rings (SSSR count). The third kappa shape index (κ3) is 2.95. The highest BCUT2D eigenvalue weighted by atomic mass is 32.2. The molecule has 1 aromatic heterocycles. The van der Waals surface area contributed by atoms with Crippen molar-refractivity contribution in [3.8, 4) is 6.07 Å². The van der Waals surface area contributed by atoms with Crippen molar-refractivity contribution in [3.63, 3.8) is 0 Å². The van der Waals surface area contributed by atoms with Gasteiger partial charge in [0.15, 0.2) is 5.82 Å². The summed E-state index contributed by atoms with van der Waals surface area (Å²) >= 11 is 0. The molecule has 0 aliphatic rings. The van der Waals surface area contributed by atoms with Crippen LogP contribution in [0.5, 0.6) is 0 Å². The Balaban J connectivity index is 2.46. The first kappa shape index (κ1) is 16.0. The van der Waals surface area contributed by atoms with Gasteiger partial charge >= 0.3 is 0 Å². The van der Waals surface area contributed by atoms with E-state index in [4.69, 9.17) is 10.00 Å². The summed E-state index contributed by atoms with van der Waals surface area (Å²) in [6.45, 7) is 1.87. The summed E-state index contributed by atoms with van der Waals surface area (Å²) in [6, 6.07) is 8.48. The van der Waals surface area contributed by atoms with Gasteiger partial charge in [0.2, 0.25) is 0 Å². The number of aromatic nitrogens is 2. The molecule has 0 fully saturated rings. The van der Waals surface area contributed by atoms with Crippen LogP contribution in [0.1, 0.15) is 16.8 Å². The minimum atomic E-state index is -3.86. The first-order valence-corrected chi connectivity index (χ1v) is 7.92. The molecule has 1 heterocycles. The molecule has 0 radical (unpaired) electrons. The van der Waals surface area contributed by atoms with Gasteiger partial charge in [-0.1, -0.05) is 18.2 Å². The van der Waals surface area contributed by atoms with Gasteiger partial charge in [0, 0.05) is 14.2 Å². The van der Waals surface area contributed by atoms with Gasteiger partial charge in [-0.25, -0.2) is 8.42 Å². The molecule has 8 heteroatoms. The Hall–Kier alpha value is -2.37.